The number of aliphatic hydroxyl groups is 1. The van der Waals surface area contributed by atoms with Gasteiger partial charge < -0.3 is 20.3 Å². The van der Waals surface area contributed by atoms with Gasteiger partial charge in [0.1, 0.15) is 24.1 Å². The van der Waals surface area contributed by atoms with E-state index in [2.05, 4.69) is 10.1 Å². The molecule has 1 fully saturated rings. The van der Waals surface area contributed by atoms with Crippen molar-refractivity contribution >= 4 is 48.0 Å². The maximum Gasteiger partial charge on any atom is 0.406 e. The highest BCUT2D eigenvalue weighted by molar-refractivity contribution is 8.13. The van der Waals surface area contributed by atoms with E-state index in [1.54, 1.807) is 34.6 Å². The summed E-state index contributed by atoms with van der Waals surface area (Å²) in [6, 6.07) is 0.0510. The van der Waals surface area contributed by atoms with Crippen LogP contribution in [0.4, 0.5) is 10.2 Å². The number of aliphatic hydroxyl groups excluding tert-OH is 1. The van der Waals surface area contributed by atoms with E-state index < -0.39 is 66.6 Å². The Hall–Kier alpha value is -1.58. The number of carbonyl (C=O) groups excluding carboxylic acids is 2. The lowest BCUT2D eigenvalue weighted by molar-refractivity contribution is -0.149. The van der Waals surface area contributed by atoms with Crippen LogP contribution >= 0.6 is 31.1 Å². The molecule has 2 rings (SSSR count). The molecular weight excluding hydrogens is 594 g/mol. The van der Waals surface area contributed by atoms with E-state index in [9.17, 15) is 24.1 Å². The molecule has 1 aliphatic heterocycles. The summed E-state index contributed by atoms with van der Waals surface area (Å²) in [6.45, 7) is 10.0. The molecule has 228 valence electrons. The molecule has 17 heteroatoms. The van der Waals surface area contributed by atoms with Gasteiger partial charge in [-0.05, 0) is 33.8 Å². The van der Waals surface area contributed by atoms with Crippen molar-refractivity contribution < 1.29 is 42.2 Å². The molecule has 0 radical (unpaired) electrons. The first-order chi connectivity index (χ1) is 18.2. The number of rotatable bonds is 12. The number of ether oxygens (including phenoxy) is 2. The minimum Gasteiger partial charge on any atom is -0.462 e. The molecule has 0 aromatic carbocycles. The molecule has 40 heavy (non-hydrogen) atoms. The van der Waals surface area contributed by atoms with Crippen molar-refractivity contribution in [3.8, 4) is 0 Å². The molecular formula is C23H37ClFN4O9PS. The predicted octanol–water partition coefficient (Wildman–Crippen LogP) is 2.54. The number of carbonyl (C=O) groups is 2. The van der Waals surface area contributed by atoms with Crippen LogP contribution in [0.1, 0.15) is 48.5 Å². The standard InChI is InChI=1S/C23H37ClFN4O9PS/c1-13(2)37-18(31)14(3)28-39(34,35-10-11-40-19(32)21(4,5)6)36-12-15-17(30)23(24,25)22(7,38-15)29-9-8-16(26)27-20(29)33/h8-9,13-15,17,30H,10-12H2,1-7H3,(H,28,34)(H2,26,27,33). The van der Waals surface area contributed by atoms with Crippen LogP contribution < -0.4 is 16.5 Å². The molecule has 0 amide bonds. The molecule has 2 heterocycles. The maximum absolute atomic E-state index is 15.7. The number of alkyl halides is 2. The third-order valence-electron chi connectivity index (χ3n) is 5.66. The summed E-state index contributed by atoms with van der Waals surface area (Å²) < 4.78 is 51.6. The zero-order valence-corrected chi connectivity index (χ0v) is 25.8. The van der Waals surface area contributed by atoms with Crippen molar-refractivity contribution in [2.75, 3.05) is 24.7 Å². The summed E-state index contributed by atoms with van der Waals surface area (Å²) in [6.07, 6.45) is -2.97. The SMILES string of the molecule is CC(C)OC(=O)C(C)NP(=O)(OCCSC(=O)C(C)(C)C)OCC1OC(C)(n2ccc(N)nc2=O)C(F)(Cl)C1O. The largest absolute Gasteiger partial charge is 0.462 e. The highest BCUT2D eigenvalue weighted by Crippen LogP contribution is 2.51. The molecule has 4 N–H and O–H groups in total. The maximum atomic E-state index is 15.7. The van der Waals surface area contributed by atoms with Gasteiger partial charge >= 0.3 is 19.4 Å². The first-order valence-electron chi connectivity index (χ1n) is 12.4. The second kappa shape index (κ2) is 13.2. The Morgan fingerprint density at radius 3 is 2.55 bits per heavy atom. The van der Waals surface area contributed by atoms with Gasteiger partial charge in [0.05, 0.1) is 19.3 Å². The van der Waals surface area contributed by atoms with E-state index in [1.807, 2.05) is 0 Å². The van der Waals surface area contributed by atoms with Gasteiger partial charge in [-0.2, -0.15) is 4.98 Å². The fraction of sp³-hybridized carbons (Fsp3) is 0.739. The number of aromatic nitrogens is 2. The second-order valence-electron chi connectivity index (χ2n) is 10.6. The molecule has 1 saturated heterocycles. The van der Waals surface area contributed by atoms with Gasteiger partial charge in [0.15, 0.2) is 10.8 Å². The molecule has 6 atom stereocenters. The minimum atomic E-state index is -4.35. The summed E-state index contributed by atoms with van der Waals surface area (Å²) in [5, 5.41) is 9.90. The number of thioether (sulfide) groups is 1. The normalized spacial score (nSPS) is 27.4. The third-order valence-corrected chi connectivity index (χ3v) is 9.20. The van der Waals surface area contributed by atoms with Gasteiger partial charge in [0, 0.05) is 17.4 Å². The quantitative estimate of drug-likeness (QED) is 0.133. The molecule has 13 nitrogen and oxygen atoms in total. The lowest BCUT2D eigenvalue weighted by atomic mass is 10.00. The smallest absolute Gasteiger partial charge is 0.406 e. The average Bonchev–Trinajstić information content (AvgIpc) is 2.99. The highest BCUT2D eigenvalue weighted by Gasteiger charge is 2.66. The van der Waals surface area contributed by atoms with Gasteiger partial charge in [-0.3, -0.25) is 23.2 Å². The number of anilines is 1. The summed E-state index contributed by atoms with van der Waals surface area (Å²) in [5.74, 6) is -0.763. The Morgan fingerprint density at radius 1 is 1.38 bits per heavy atom. The number of nitrogens with one attached hydrogen (secondary N) is 1. The van der Waals surface area contributed by atoms with Gasteiger partial charge in [-0.25, -0.2) is 18.8 Å². The number of nitrogens with two attached hydrogens (primary N) is 1. The average molecular weight is 631 g/mol. The lowest BCUT2D eigenvalue weighted by Crippen LogP contribution is -2.52. The van der Waals surface area contributed by atoms with E-state index in [0.29, 0.717) is 0 Å². The number of hydrogen-bond acceptors (Lipinski definition) is 12. The Kier molecular flexibility index (Phi) is 11.4. The summed E-state index contributed by atoms with van der Waals surface area (Å²) in [4.78, 5) is 40.4. The van der Waals surface area contributed by atoms with Crippen LogP contribution in [0.15, 0.2) is 17.1 Å². The van der Waals surface area contributed by atoms with Crippen molar-refractivity contribution in [3.05, 3.63) is 22.7 Å². The minimum absolute atomic E-state index is 0.110. The molecule has 0 aliphatic carbocycles. The number of esters is 1. The first kappa shape index (κ1) is 34.6. The van der Waals surface area contributed by atoms with Gasteiger partial charge in [-0.1, -0.05) is 44.1 Å². The zero-order valence-electron chi connectivity index (χ0n) is 23.4. The number of nitrogens with zero attached hydrogens (tertiary/aromatic N) is 2. The number of halogens is 2. The molecule has 0 spiro atoms. The van der Waals surface area contributed by atoms with Crippen LogP contribution in [0.2, 0.25) is 0 Å². The predicted molar refractivity (Wildman–Crippen MR) is 147 cm³/mol. The van der Waals surface area contributed by atoms with Crippen LogP contribution in [0, 0.1) is 5.41 Å². The Balaban J connectivity index is 2.22. The van der Waals surface area contributed by atoms with Crippen molar-refractivity contribution in [1.82, 2.24) is 14.6 Å². The molecule has 1 aromatic rings. The van der Waals surface area contributed by atoms with Crippen molar-refractivity contribution in [2.45, 2.75) is 83.7 Å². The topological polar surface area (TPSA) is 181 Å². The molecule has 1 aromatic heterocycles. The fourth-order valence-electron chi connectivity index (χ4n) is 3.45. The molecule has 0 saturated carbocycles. The first-order valence-corrected chi connectivity index (χ1v) is 15.3. The van der Waals surface area contributed by atoms with E-state index in [-0.39, 0.29) is 23.3 Å². The summed E-state index contributed by atoms with van der Waals surface area (Å²) in [5.41, 5.74) is 1.63. The zero-order chi connectivity index (χ0) is 30.7. The van der Waals surface area contributed by atoms with Crippen LogP contribution in [-0.2, 0) is 38.4 Å². The van der Waals surface area contributed by atoms with Gasteiger partial charge in [0.25, 0.3) is 5.13 Å². The van der Waals surface area contributed by atoms with E-state index in [0.717, 1.165) is 29.4 Å². The Bertz CT molecular complexity index is 1180. The van der Waals surface area contributed by atoms with E-state index in [4.69, 9.17) is 35.9 Å². The summed E-state index contributed by atoms with van der Waals surface area (Å²) in [7, 11) is -4.35. The molecule has 1 aliphatic rings. The number of hydrogen-bond donors (Lipinski definition) is 3. The number of nitrogen functional groups attached to an aromatic ring is 1. The second-order valence-corrected chi connectivity index (χ2v) is 13.9. The van der Waals surface area contributed by atoms with Gasteiger partial charge in [-0.15, -0.1) is 0 Å². The van der Waals surface area contributed by atoms with Crippen molar-refractivity contribution in [1.29, 1.82) is 0 Å². The van der Waals surface area contributed by atoms with Crippen molar-refractivity contribution in [2.24, 2.45) is 5.41 Å². The van der Waals surface area contributed by atoms with Crippen LogP contribution in [0.25, 0.3) is 0 Å². The van der Waals surface area contributed by atoms with Crippen LogP contribution in [-0.4, -0.2) is 74.2 Å². The third kappa shape index (κ3) is 8.25. The fourth-order valence-corrected chi connectivity index (χ4v) is 6.11. The molecule has 0 bridgehead atoms. The highest BCUT2D eigenvalue weighted by atomic mass is 35.5. The Labute approximate surface area is 241 Å². The lowest BCUT2D eigenvalue weighted by Gasteiger charge is -2.33. The van der Waals surface area contributed by atoms with Crippen molar-refractivity contribution in [3.63, 3.8) is 0 Å². The summed E-state index contributed by atoms with van der Waals surface area (Å²) >= 11 is 6.99. The van der Waals surface area contributed by atoms with E-state index >= 15 is 4.39 Å². The molecule has 6 unspecified atom stereocenters. The Morgan fingerprint density at radius 2 is 2.00 bits per heavy atom. The van der Waals surface area contributed by atoms with E-state index in [1.165, 1.54) is 13.0 Å². The van der Waals surface area contributed by atoms with Crippen LogP contribution in [0.5, 0.6) is 0 Å². The van der Waals surface area contributed by atoms with Gasteiger partial charge in [0.2, 0.25) is 0 Å². The monoisotopic (exact) mass is 630 g/mol. The van der Waals surface area contributed by atoms with Crippen LogP contribution in [0.3, 0.4) is 0 Å².